The number of halogens is 1. The first-order valence-corrected chi connectivity index (χ1v) is 10.7. The van der Waals surface area contributed by atoms with Crippen molar-refractivity contribution in [3.63, 3.8) is 0 Å². The molecule has 4 aromatic rings. The van der Waals surface area contributed by atoms with E-state index in [9.17, 15) is 0 Å². The second-order valence-electron chi connectivity index (χ2n) is 7.68. The Labute approximate surface area is 181 Å². The third-order valence-electron chi connectivity index (χ3n) is 5.83. The lowest BCUT2D eigenvalue weighted by molar-refractivity contribution is 0.415. The lowest BCUT2D eigenvalue weighted by Crippen LogP contribution is -2.33. The van der Waals surface area contributed by atoms with Crippen molar-refractivity contribution in [1.29, 1.82) is 0 Å². The molecule has 4 nitrogen and oxygen atoms in total. The van der Waals surface area contributed by atoms with E-state index in [0.29, 0.717) is 5.02 Å². The molecule has 0 fully saturated rings. The van der Waals surface area contributed by atoms with Crippen molar-refractivity contribution in [2.24, 2.45) is 0 Å². The SMILES string of the molecule is COc1ccc2nc3cc(Cl)ccc3c(NCCN3CCCc4ccccc43)c2c1. The predicted octanol–water partition coefficient (Wildman–Crippen LogP) is 5.91. The Morgan fingerprint density at radius 3 is 2.83 bits per heavy atom. The number of anilines is 2. The van der Waals surface area contributed by atoms with Gasteiger partial charge in [0, 0.05) is 41.1 Å². The summed E-state index contributed by atoms with van der Waals surface area (Å²) in [5, 5.41) is 6.52. The summed E-state index contributed by atoms with van der Waals surface area (Å²) in [4.78, 5) is 7.29. The minimum Gasteiger partial charge on any atom is -0.497 e. The summed E-state index contributed by atoms with van der Waals surface area (Å²) in [5.74, 6) is 0.825. The maximum Gasteiger partial charge on any atom is 0.119 e. The van der Waals surface area contributed by atoms with Crippen molar-refractivity contribution in [3.05, 3.63) is 71.2 Å². The van der Waals surface area contributed by atoms with Crippen LogP contribution in [0, 0.1) is 0 Å². The molecule has 3 aromatic carbocycles. The summed E-state index contributed by atoms with van der Waals surface area (Å²) in [6, 6.07) is 20.6. The van der Waals surface area contributed by atoms with Crippen LogP contribution in [0.3, 0.4) is 0 Å². The van der Waals surface area contributed by atoms with Gasteiger partial charge in [-0.25, -0.2) is 4.98 Å². The van der Waals surface area contributed by atoms with E-state index < -0.39 is 0 Å². The van der Waals surface area contributed by atoms with Gasteiger partial charge in [0.15, 0.2) is 0 Å². The minimum absolute atomic E-state index is 0.693. The molecular formula is C25H24ClN3O. The van der Waals surface area contributed by atoms with Gasteiger partial charge in [0.2, 0.25) is 0 Å². The van der Waals surface area contributed by atoms with Crippen molar-refractivity contribution >= 4 is 44.8 Å². The standard InChI is InChI=1S/C25H24ClN3O/c1-30-19-9-11-22-21(16-19)25(20-10-8-18(26)15-23(20)28-22)27-12-14-29-13-4-6-17-5-2-3-7-24(17)29/h2-3,5,7-11,15-16H,4,6,12-14H2,1H3,(H,27,28). The highest BCUT2D eigenvalue weighted by Crippen LogP contribution is 2.34. The molecule has 0 radical (unpaired) electrons. The number of benzene rings is 3. The Balaban J connectivity index is 1.48. The smallest absolute Gasteiger partial charge is 0.119 e. The third kappa shape index (κ3) is 3.52. The predicted molar refractivity (Wildman–Crippen MR) is 126 cm³/mol. The zero-order valence-corrected chi connectivity index (χ0v) is 17.7. The number of aryl methyl sites for hydroxylation is 1. The van der Waals surface area contributed by atoms with E-state index in [4.69, 9.17) is 21.3 Å². The van der Waals surface area contributed by atoms with Crippen LogP contribution in [-0.2, 0) is 6.42 Å². The molecule has 152 valence electrons. The molecule has 0 bridgehead atoms. The first-order valence-electron chi connectivity index (χ1n) is 10.4. The van der Waals surface area contributed by atoms with Crippen LogP contribution in [-0.4, -0.2) is 31.7 Å². The maximum atomic E-state index is 6.24. The number of nitrogens with zero attached hydrogens (tertiary/aromatic N) is 2. The third-order valence-corrected chi connectivity index (χ3v) is 6.07. The number of fused-ring (bicyclic) bond motifs is 3. The number of methoxy groups -OCH3 is 1. The maximum absolute atomic E-state index is 6.24. The molecule has 0 aliphatic carbocycles. The van der Waals surface area contributed by atoms with Gasteiger partial charge in [-0.15, -0.1) is 0 Å². The van der Waals surface area contributed by atoms with Gasteiger partial charge in [-0.1, -0.05) is 29.8 Å². The quantitative estimate of drug-likeness (QED) is 0.409. The molecule has 0 saturated carbocycles. The minimum atomic E-state index is 0.693. The van der Waals surface area contributed by atoms with Crippen LogP contribution in [0.1, 0.15) is 12.0 Å². The number of hydrogen-bond acceptors (Lipinski definition) is 4. The average molecular weight is 418 g/mol. The van der Waals surface area contributed by atoms with Gasteiger partial charge in [0.05, 0.1) is 23.8 Å². The van der Waals surface area contributed by atoms with E-state index in [1.165, 1.54) is 24.1 Å². The van der Waals surface area contributed by atoms with Crippen molar-refractivity contribution < 1.29 is 4.74 Å². The average Bonchev–Trinajstić information content (AvgIpc) is 2.78. The van der Waals surface area contributed by atoms with E-state index in [0.717, 1.165) is 52.9 Å². The van der Waals surface area contributed by atoms with Crippen molar-refractivity contribution in [3.8, 4) is 5.75 Å². The second-order valence-corrected chi connectivity index (χ2v) is 8.11. The van der Waals surface area contributed by atoms with Crippen molar-refractivity contribution in [1.82, 2.24) is 4.98 Å². The monoisotopic (exact) mass is 417 g/mol. The fourth-order valence-corrected chi connectivity index (χ4v) is 4.54. The van der Waals surface area contributed by atoms with Crippen LogP contribution in [0.15, 0.2) is 60.7 Å². The molecule has 0 atom stereocenters. The molecule has 1 aromatic heterocycles. The number of rotatable bonds is 5. The first-order chi connectivity index (χ1) is 14.7. The molecule has 5 rings (SSSR count). The van der Waals surface area contributed by atoms with Crippen LogP contribution in [0.5, 0.6) is 5.75 Å². The lowest BCUT2D eigenvalue weighted by Gasteiger charge is -2.31. The Bertz CT molecular complexity index is 1220. The van der Waals surface area contributed by atoms with E-state index >= 15 is 0 Å². The van der Waals surface area contributed by atoms with Gasteiger partial charge in [-0.2, -0.15) is 0 Å². The Morgan fingerprint density at radius 1 is 1.03 bits per heavy atom. The summed E-state index contributed by atoms with van der Waals surface area (Å²) in [6.07, 6.45) is 2.37. The Kier molecular flexibility index (Phi) is 5.09. The van der Waals surface area contributed by atoms with Gasteiger partial charge in [0.25, 0.3) is 0 Å². The van der Waals surface area contributed by atoms with E-state index in [1.54, 1.807) is 7.11 Å². The van der Waals surface area contributed by atoms with Gasteiger partial charge in [-0.3, -0.25) is 0 Å². The van der Waals surface area contributed by atoms with E-state index in [-0.39, 0.29) is 0 Å². The number of aromatic nitrogens is 1. The highest BCUT2D eigenvalue weighted by atomic mass is 35.5. The summed E-state index contributed by atoms with van der Waals surface area (Å²) < 4.78 is 5.46. The summed E-state index contributed by atoms with van der Waals surface area (Å²) in [5.41, 5.74) is 5.71. The topological polar surface area (TPSA) is 37.4 Å². The molecule has 30 heavy (non-hydrogen) atoms. The number of hydrogen-bond donors (Lipinski definition) is 1. The zero-order chi connectivity index (χ0) is 20.5. The lowest BCUT2D eigenvalue weighted by atomic mass is 10.0. The van der Waals surface area contributed by atoms with Crippen LogP contribution >= 0.6 is 11.6 Å². The van der Waals surface area contributed by atoms with Gasteiger partial charge in [0.1, 0.15) is 5.75 Å². The number of pyridine rings is 1. The second kappa shape index (κ2) is 8.04. The highest BCUT2D eigenvalue weighted by Gasteiger charge is 2.16. The highest BCUT2D eigenvalue weighted by molar-refractivity contribution is 6.31. The molecule has 0 amide bonds. The molecule has 1 aliphatic rings. The van der Waals surface area contributed by atoms with Crippen LogP contribution in [0.4, 0.5) is 11.4 Å². The van der Waals surface area contributed by atoms with Crippen molar-refractivity contribution in [2.45, 2.75) is 12.8 Å². The van der Waals surface area contributed by atoms with Gasteiger partial charge in [-0.05, 0) is 60.9 Å². The molecule has 5 heteroatoms. The molecule has 1 aliphatic heterocycles. The number of ether oxygens (including phenoxy) is 1. The fourth-order valence-electron chi connectivity index (χ4n) is 4.37. The molecule has 0 saturated heterocycles. The normalized spacial score (nSPS) is 13.5. The largest absolute Gasteiger partial charge is 0.497 e. The molecule has 1 N–H and O–H groups in total. The first kappa shape index (κ1) is 19.0. The van der Waals surface area contributed by atoms with Gasteiger partial charge < -0.3 is 15.0 Å². The summed E-state index contributed by atoms with van der Waals surface area (Å²) >= 11 is 6.24. The van der Waals surface area contributed by atoms with E-state index in [1.807, 2.05) is 30.3 Å². The number of nitrogens with one attached hydrogen (secondary N) is 1. The Morgan fingerprint density at radius 2 is 1.93 bits per heavy atom. The number of para-hydroxylation sites is 1. The molecule has 0 spiro atoms. The Hall–Kier alpha value is -2.98. The summed E-state index contributed by atoms with van der Waals surface area (Å²) in [6.45, 7) is 2.88. The van der Waals surface area contributed by atoms with Crippen LogP contribution in [0.25, 0.3) is 21.8 Å². The fraction of sp³-hybridized carbons (Fsp3) is 0.240. The van der Waals surface area contributed by atoms with Crippen molar-refractivity contribution in [2.75, 3.05) is 37.0 Å². The van der Waals surface area contributed by atoms with E-state index in [2.05, 4.69) is 40.5 Å². The van der Waals surface area contributed by atoms with Gasteiger partial charge >= 0.3 is 0 Å². The molecule has 0 unspecified atom stereocenters. The molecular weight excluding hydrogens is 394 g/mol. The summed E-state index contributed by atoms with van der Waals surface area (Å²) in [7, 11) is 1.69. The van der Waals surface area contributed by atoms with Crippen LogP contribution < -0.4 is 15.0 Å². The van der Waals surface area contributed by atoms with Crippen LogP contribution in [0.2, 0.25) is 5.02 Å². The molecule has 2 heterocycles. The zero-order valence-electron chi connectivity index (χ0n) is 17.0.